The molecule has 2 N–H and O–H groups in total. The Balaban J connectivity index is 0.00000288. The standard InChI is InChI=1S/C18H22N4O.HI/c1-3-10-21-18(19-2)22-13-15-7-6-9-17(12-15)23-14-16-8-4-5-11-20-16;/h3-9,11-12H,1,10,13-14H2,2H3,(H2,19,21,22);1H. The minimum absolute atomic E-state index is 0. The van der Waals surface area contributed by atoms with E-state index in [0.29, 0.717) is 19.7 Å². The Bertz CT molecular complexity index is 646. The molecule has 1 aromatic heterocycles. The van der Waals surface area contributed by atoms with Gasteiger partial charge in [-0.05, 0) is 29.8 Å². The Morgan fingerprint density at radius 1 is 1.25 bits per heavy atom. The number of nitrogens with zero attached hydrogens (tertiary/aromatic N) is 2. The van der Waals surface area contributed by atoms with Crippen molar-refractivity contribution in [1.29, 1.82) is 0 Å². The highest BCUT2D eigenvalue weighted by atomic mass is 127. The molecule has 0 fully saturated rings. The van der Waals surface area contributed by atoms with Gasteiger partial charge in [0.2, 0.25) is 0 Å². The molecule has 0 aliphatic rings. The second-order valence-electron chi connectivity index (χ2n) is 4.85. The number of aromatic nitrogens is 1. The van der Waals surface area contributed by atoms with E-state index in [1.807, 2.05) is 42.5 Å². The zero-order chi connectivity index (χ0) is 16.3. The molecular formula is C18H23IN4O. The van der Waals surface area contributed by atoms with Gasteiger partial charge in [0, 0.05) is 26.3 Å². The van der Waals surface area contributed by atoms with E-state index in [4.69, 9.17) is 4.74 Å². The Morgan fingerprint density at radius 3 is 2.83 bits per heavy atom. The van der Waals surface area contributed by atoms with Crippen LogP contribution in [0.3, 0.4) is 0 Å². The van der Waals surface area contributed by atoms with Gasteiger partial charge in [-0.2, -0.15) is 0 Å². The molecule has 0 unspecified atom stereocenters. The summed E-state index contributed by atoms with van der Waals surface area (Å²) in [6.45, 7) is 5.47. The lowest BCUT2D eigenvalue weighted by Gasteiger charge is -2.11. The van der Waals surface area contributed by atoms with Crippen LogP contribution in [0.15, 0.2) is 66.3 Å². The third-order valence-corrected chi connectivity index (χ3v) is 3.11. The van der Waals surface area contributed by atoms with E-state index in [0.717, 1.165) is 23.0 Å². The zero-order valence-corrected chi connectivity index (χ0v) is 16.1. The normalized spacial score (nSPS) is 10.5. The molecule has 0 aliphatic heterocycles. The van der Waals surface area contributed by atoms with E-state index in [9.17, 15) is 0 Å². The molecule has 0 radical (unpaired) electrons. The largest absolute Gasteiger partial charge is 0.487 e. The first kappa shape index (κ1) is 20.0. The van der Waals surface area contributed by atoms with Crippen molar-refractivity contribution in [3.63, 3.8) is 0 Å². The number of halogens is 1. The maximum Gasteiger partial charge on any atom is 0.191 e. The smallest absolute Gasteiger partial charge is 0.191 e. The minimum Gasteiger partial charge on any atom is -0.487 e. The number of benzene rings is 1. The second-order valence-corrected chi connectivity index (χ2v) is 4.85. The summed E-state index contributed by atoms with van der Waals surface area (Å²) in [6, 6.07) is 13.8. The summed E-state index contributed by atoms with van der Waals surface area (Å²) < 4.78 is 5.78. The number of aliphatic imine (C=N–C) groups is 1. The summed E-state index contributed by atoms with van der Waals surface area (Å²) in [4.78, 5) is 8.39. The fourth-order valence-electron chi connectivity index (χ4n) is 1.96. The van der Waals surface area contributed by atoms with Crippen LogP contribution in [-0.4, -0.2) is 24.5 Å². The van der Waals surface area contributed by atoms with Crippen molar-refractivity contribution >= 4 is 29.9 Å². The summed E-state index contributed by atoms with van der Waals surface area (Å²) in [5, 5.41) is 6.38. The van der Waals surface area contributed by atoms with Gasteiger partial charge < -0.3 is 15.4 Å². The highest BCUT2D eigenvalue weighted by molar-refractivity contribution is 14.0. The molecule has 2 aromatic rings. The van der Waals surface area contributed by atoms with Crippen LogP contribution in [0.5, 0.6) is 5.75 Å². The van der Waals surface area contributed by atoms with Crippen LogP contribution in [0.4, 0.5) is 0 Å². The van der Waals surface area contributed by atoms with Crippen LogP contribution >= 0.6 is 24.0 Å². The number of pyridine rings is 1. The summed E-state index contributed by atoms with van der Waals surface area (Å²) in [5.74, 6) is 1.56. The number of hydrogen-bond acceptors (Lipinski definition) is 3. The molecular weight excluding hydrogens is 415 g/mol. The van der Waals surface area contributed by atoms with Gasteiger partial charge in [0.15, 0.2) is 5.96 Å². The van der Waals surface area contributed by atoms with Crippen molar-refractivity contribution in [2.75, 3.05) is 13.6 Å². The SMILES string of the molecule is C=CCNC(=NC)NCc1cccc(OCc2ccccn2)c1.I. The number of rotatable bonds is 7. The van der Waals surface area contributed by atoms with Gasteiger partial charge in [0.25, 0.3) is 0 Å². The van der Waals surface area contributed by atoms with Gasteiger partial charge in [-0.25, -0.2) is 0 Å². The first-order chi connectivity index (χ1) is 11.3. The molecule has 5 nitrogen and oxygen atoms in total. The average Bonchev–Trinajstić information content (AvgIpc) is 2.61. The molecule has 0 amide bonds. The number of nitrogens with one attached hydrogen (secondary N) is 2. The fraction of sp³-hybridized carbons (Fsp3) is 0.222. The van der Waals surface area contributed by atoms with E-state index < -0.39 is 0 Å². The summed E-state index contributed by atoms with van der Waals surface area (Å²) >= 11 is 0. The van der Waals surface area contributed by atoms with Crippen LogP contribution < -0.4 is 15.4 Å². The molecule has 0 atom stereocenters. The predicted octanol–water partition coefficient (Wildman–Crippen LogP) is 3.13. The molecule has 128 valence electrons. The molecule has 24 heavy (non-hydrogen) atoms. The first-order valence-corrected chi connectivity index (χ1v) is 7.49. The Morgan fingerprint density at radius 2 is 2.12 bits per heavy atom. The summed E-state index contributed by atoms with van der Waals surface area (Å²) in [6.07, 6.45) is 3.56. The predicted molar refractivity (Wildman–Crippen MR) is 109 cm³/mol. The Labute approximate surface area is 160 Å². The molecule has 0 aliphatic carbocycles. The third-order valence-electron chi connectivity index (χ3n) is 3.11. The van der Waals surface area contributed by atoms with Crippen molar-refractivity contribution in [1.82, 2.24) is 15.6 Å². The van der Waals surface area contributed by atoms with Gasteiger partial charge in [0.05, 0.1) is 5.69 Å². The lowest BCUT2D eigenvalue weighted by Crippen LogP contribution is -2.36. The summed E-state index contributed by atoms with van der Waals surface area (Å²) in [7, 11) is 1.74. The van der Waals surface area contributed by atoms with Gasteiger partial charge in [-0.3, -0.25) is 9.98 Å². The Hall–Kier alpha value is -2.09. The van der Waals surface area contributed by atoms with E-state index in [-0.39, 0.29) is 24.0 Å². The van der Waals surface area contributed by atoms with Crippen LogP contribution in [0.2, 0.25) is 0 Å². The zero-order valence-electron chi connectivity index (χ0n) is 13.7. The van der Waals surface area contributed by atoms with E-state index in [2.05, 4.69) is 27.2 Å². The highest BCUT2D eigenvalue weighted by Crippen LogP contribution is 2.14. The van der Waals surface area contributed by atoms with Crippen LogP contribution in [0, 0.1) is 0 Å². The van der Waals surface area contributed by atoms with Crippen molar-refractivity contribution in [2.24, 2.45) is 4.99 Å². The van der Waals surface area contributed by atoms with Gasteiger partial charge in [-0.15, -0.1) is 30.6 Å². The van der Waals surface area contributed by atoms with E-state index >= 15 is 0 Å². The van der Waals surface area contributed by atoms with Crippen molar-refractivity contribution in [3.8, 4) is 5.75 Å². The summed E-state index contributed by atoms with van der Waals surface area (Å²) in [5.41, 5.74) is 2.02. The van der Waals surface area contributed by atoms with Crippen LogP contribution in [0.25, 0.3) is 0 Å². The minimum atomic E-state index is 0. The van der Waals surface area contributed by atoms with Crippen LogP contribution in [0.1, 0.15) is 11.3 Å². The van der Waals surface area contributed by atoms with E-state index in [1.54, 1.807) is 19.3 Å². The van der Waals surface area contributed by atoms with Gasteiger partial charge in [0.1, 0.15) is 12.4 Å². The van der Waals surface area contributed by atoms with Crippen molar-refractivity contribution < 1.29 is 4.74 Å². The molecule has 2 rings (SSSR count). The maximum absolute atomic E-state index is 5.78. The monoisotopic (exact) mass is 438 g/mol. The molecule has 0 bridgehead atoms. The third kappa shape index (κ3) is 6.99. The molecule has 0 saturated heterocycles. The fourth-order valence-corrected chi connectivity index (χ4v) is 1.96. The van der Waals surface area contributed by atoms with Crippen molar-refractivity contribution in [2.45, 2.75) is 13.2 Å². The first-order valence-electron chi connectivity index (χ1n) is 7.49. The van der Waals surface area contributed by atoms with Crippen molar-refractivity contribution in [3.05, 3.63) is 72.6 Å². The maximum atomic E-state index is 5.78. The molecule has 1 heterocycles. The topological polar surface area (TPSA) is 58.5 Å². The molecule has 6 heteroatoms. The van der Waals surface area contributed by atoms with E-state index in [1.165, 1.54) is 0 Å². The number of ether oxygens (including phenoxy) is 1. The lowest BCUT2D eigenvalue weighted by atomic mass is 10.2. The quantitative estimate of drug-likeness (QED) is 0.302. The Kier molecular flexibility index (Phi) is 9.52. The number of guanidine groups is 1. The van der Waals surface area contributed by atoms with Gasteiger partial charge >= 0.3 is 0 Å². The van der Waals surface area contributed by atoms with Crippen LogP contribution in [-0.2, 0) is 13.2 Å². The lowest BCUT2D eigenvalue weighted by molar-refractivity contribution is 0.301. The second kappa shape index (κ2) is 11.4. The number of hydrogen-bond donors (Lipinski definition) is 2. The molecule has 1 aromatic carbocycles. The molecule has 0 spiro atoms. The molecule has 0 saturated carbocycles. The average molecular weight is 438 g/mol. The highest BCUT2D eigenvalue weighted by Gasteiger charge is 2.00. The van der Waals surface area contributed by atoms with Gasteiger partial charge in [-0.1, -0.05) is 24.3 Å².